The highest BCUT2D eigenvalue weighted by molar-refractivity contribution is 7.20. The van der Waals surface area contributed by atoms with Crippen LogP contribution in [-0.4, -0.2) is 7.05 Å². The van der Waals surface area contributed by atoms with Crippen LogP contribution in [0.2, 0.25) is 8.67 Å². The standard InChI is InChI=1S/C16H19Cl2NS/c1-4-10-6-7-11(5-2)12(8-10)15(19-3)13-9-14(17)20-16(13)18/h6-9,15,19H,4-5H2,1-3H3. The van der Waals surface area contributed by atoms with E-state index in [1.165, 1.54) is 28.0 Å². The summed E-state index contributed by atoms with van der Waals surface area (Å²) in [7, 11) is 1.96. The average molecular weight is 328 g/mol. The van der Waals surface area contributed by atoms with E-state index in [0.29, 0.717) is 0 Å². The lowest BCUT2D eigenvalue weighted by molar-refractivity contribution is 0.685. The molecule has 1 heterocycles. The maximum absolute atomic E-state index is 6.33. The predicted molar refractivity (Wildman–Crippen MR) is 90.4 cm³/mol. The van der Waals surface area contributed by atoms with Crippen LogP contribution in [0.1, 0.15) is 42.1 Å². The third-order valence-corrected chi connectivity index (χ3v) is 5.11. The highest BCUT2D eigenvalue weighted by atomic mass is 35.5. The van der Waals surface area contributed by atoms with Crippen molar-refractivity contribution in [3.05, 3.63) is 55.2 Å². The normalized spacial score (nSPS) is 12.7. The molecule has 0 spiro atoms. The Bertz CT molecular complexity index is 592. The molecule has 0 radical (unpaired) electrons. The maximum atomic E-state index is 6.33. The molecule has 0 saturated heterocycles. The summed E-state index contributed by atoms with van der Waals surface area (Å²) in [6.07, 6.45) is 2.04. The topological polar surface area (TPSA) is 12.0 Å². The Morgan fingerprint density at radius 1 is 1.10 bits per heavy atom. The van der Waals surface area contributed by atoms with Crippen LogP contribution in [0.4, 0.5) is 0 Å². The number of hydrogen-bond acceptors (Lipinski definition) is 2. The minimum absolute atomic E-state index is 0.0905. The first-order chi connectivity index (χ1) is 9.60. The monoisotopic (exact) mass is 327 g/mol. The predicted octanol–water partition coefficient (Wildman–Crippen LogP) is 5.49. The van der Waals surface area contributed by atoms with Gasteiger partial charge in [-0.05, 0) is 42.6 Å². The van der Waals surface area contributed by atoms with E-state index < -0.39 is 0 Å². The van der Waals surface area contributed by atoms with Crippen molar-refractivity contribution in [3.8, 4) is 0 Å². The van der Waals surface area contributed by atoms with E-state index in [-0.39, 0.29) is 6.04 Å². The molecule has 0 fully saturated rings. The molecule has 2 aromatic rings. The minimum atomic E-state index is 0.0905. The van der Waals surface area contributed by atoms with Crippen molar-refractivity contribution in [2.75, 3.05) is 7.05 Å². The SMILES string of the molecule is CCc1ccc(CC)c(C(NC)c2cc(Cl)sc2Cl)c1. The van der Waals surface area contributed by atoms with Crippen molar-refractivity contribution in [3.63, 3.8) is 0 Å². The Morgan fingerprint density at radius 3 is 2.35 bits per heavy atom. The zero-order valence-electron chi connectivity index (χ0n) is 12.0. The van der Waals surface area contributed by atoms with Crippen molar-refractivity contribution in [1.82, 2.24) is 5.32 Å². The molecule has 0 bridgehead atoms. The van der Waals surface area contributed by atoms with E-state index in [1.54, 1.807) is 0 Å². The molecule has 1 N–H and O–H groups in total. The van der Waals surface area contributed by atoms with E-state index in [1.807, 2.05) is 13.1 Å². The van der Waals surface area contributed by atoms with Crippen LogP contribution in [-0.2, 0) is 12.8 Å². The van der Waals surface area contributed by atoms with Gasteiger partial charge in [0.05, 0.1) is 14.7 Å². The van der Waals surface area contributed by atoms with Crippen LogP contribution >= 0.6 is 34.5 Å². The number of hydrogen-bond donors (Lipinski definition) is 1. The van der Waals surface area contributed by atoms with Gasteiger partial charge in [0.1, 0.15) is 0 Å². The highest BCUT2D eigenvalue weighted by Gasteiger charge is 2.20. The van der Waals surface area contributed by atoms with Crippen LogP contribution in [0.15, 0.2) is 24.3 Å². The van der Waals surface area contributed by atoms with E-state index >= 15 is 0 Å². The van der Waals surface area contributed by atoms with Gasteiger partial charge in [-0.3, -0.25) is 0 Å². The van der Waals surface area contributed by atoms with E-state index in [0.717, 1.165) is 27.1 Å². The molecule has 1 unspecified atom stereocenters. The largest absolute Gasteiger partial charge is 0.309 e. The first-order valence-electron chi connectivity index (χ1n) is 6.84. The second-order valence-electron chi connectivity index (χ2n) is 4.74. The molecule has 0 saturated carbocycles. The number of halogens is 2. The average Bonchev–Trinajstić information content (AvgIpc) is 2.78. The molecule has 20 heavy (non-hydrogen) atoms. The van der Waals surface area contributed by atoms with Gasteiger partial charge in [0.2, 0.25) is 0 Å². The lowest BCUT2D eigenvalue weighted by Gasteiger charge is -2.20. The van der Waals surface area contributed by atoms with Crippen LogP contribution in [0, 0.1) is 0 Å². The van der Waals surface area contributed by atoms with Crippen molar-refractivity contribution < 1.29 is 0 Å². The molecule has 0 aliphatic rings. The van der Waals surface area contributed by atoms with Crippen LogP contribution in [0.25, 0.3) is 0 Å². The fourth-order valence-electron chi connectivity index (χ4n) is 2.48. The van der Waals surface area contributed by atoms with Crippen LogP contribution in [0.3, 0.4) is 0 Å². The van der Waals surface area contributed by atoms with E-state index in [2.05, 4.69) is 37.4 Å². The molecule has 1 nitrogen and oxygen atoms in total. The zero-order chi connectivity index (χ0) is 14.7. The molecule has 0 aliphatic carbocycles. The molecule has 0 aliphatic heterocycles. The number of benzene rings is 1. The summed E-state index contributed by atoms with van der Waals surface area (Å²) in [6, 6.07) is 8.76. The third kappa shape index (κ3) is 3.20. The lowest BCUT2D eigenvalue weighted by atomic mass is 9.92. The minimum Gasteiger partial charge on any atom is -0.309 e. The van der Waals surface area contributed by atoms with Crippen LogP contribution in [0.5, 0.6) is 0 Å². The molecule has 1 aromatic carbocycles. The first-order valence-corrected chi connectivity index (χ1v) is 8.41. The quantitative estimate of drug-likeness (QED) is 0.765. The van der Waals surface area contributed by atoms with Gasteiger partial charge in [-0.2, -0.15) is 0 Å². The lowest BCUT2D eigenvalue weighted by Crippen LogP contribution is -2.19. The molecule has 1 atom stereocenters. The highest BCUT2D eigenvalue weighted by Crippen LogP contribution is 2.38. The molecule has 108 valence electrons. The molecular weight excluding hydrogens is 309 g/mol. The summed E-state index contributed by atoms with van der Waals surface area (Å²) < 4.78 is 1.49. The smallest absolute Gasteiger partial charge is 0.0995 e. The van der Waals surface area contributed by atoms with Gasteiger partial charge in [0.25, 0.3) is 0 Å². The molecular formula is C16H19Cl2NS. The van der Waals surface area contributed by atoms with Crippen molar-refractivity contribution in [2.24, 2.45) is 0 Å². The summed E-state index contributed by atoms with van der Waals surface area (Å²) in [6.45, 7) is 4.35. The number of aryl methyl sites for hydroxylation is 2. The summed E-state index contributed by atoms with van der Waals surface area (Å²) in [5.41, 5.74) is 5.05. The Labute approximate surface area is 134 Å². The fraction of sp³-hybridized carbons (Fsp3) is 0.375. The summed E-state index contributed by atoms with van der Waals surface area (Å²) in [5, 5.41) is 3.38. The second-order valence-corrected chi connectivity index (χ2v) is 7.03. The molecule has 4 heteroatoms. The second kappa shape index (κ2) is 6.95. The maximum Gasteiger partial charge on any atom is 0.0995 e. The van der Waals surface area contributed by atoms with Crippen molar-refractivity contribution in [1.29, 1.82) is 0 Å². The van der Waals surface area contributed by atoms with Gasteiger partial charge >= 0.3 is 0 Å². The summed E-state index contributed by atoms with van der Waals surface area (Å²) in [5.74, 6) is 0. The summed E-state index contributed by atoms with van der Waals surface area (Å²) in [4.78, 5) is 0. The van der Waals surface area contributed by atoms with Crippen molar-refractivity contribution >= 4 is 34.5 Å². The molecule has 1 aromatic heterocycles. The van der Waals surface area contributed by atoms with Crippen molar-refractivity contribution in [2.45, 2.75) is 32.7 Å². The van der Waals surface area contributed by atoms with Gasteiger partial charge in [0, 0.05) is 5.56 Å². The van der Waals surface area contributed by atoms with E-state index in [4.69, 9.17) is 23.2 Å². The summed E-state index contributed by atoms with van der Waals surface area (Å²) >= 11 is 13.8. The Morgan fingerprint density at radius 2 is 1.85 bits per heavy atom. The number of rotatable bonds is 5. The first kappa shape index (κ1) is 15.8. The van der Waals surface area contributed by atoms with Crippen LogP contribution < -0.4 is 5.32 Å². The van der Waals surface area contributed by atoms with Gasteiger partial charge in [-0.15, -0.1) is 11.3 Å². The number of nitrogens with one attached hydrogen (secondary N) is 1. The Balaban J connectivity index is 2.53. The number of thiophene rings is 1. The Kier molecular flexibility index (Phi) is 5.50. The Hall–Kier alpha value is -0.540. The van der Waals surface area contributed by atoms with Gasteiger partial charge in [-0.1, -0.05) is 55.2 Å². The van der Waals surface area contributed by atoms with E-state index in [9.17, 15) is 0 Å². The van der Waals surface area contributed by atoms with Gasteiger partial charge < -0.3 is 5.32 Å². The molecule has 0 amide bonds. The third-order valence-electron chi connectivity index (χ3n) is 3.59. The molecule has 2 rings (SSSR count). The fourth-order valence-corrected chi connectivity index (χ4v) is 4.02. The van der Waals surface area contributed by atoms with Gasteiger partial charge in [-0.25, -0.2) is 0 Å². The zero-order valence-corrected chi connectivity index (χ0v) is 14.3. The van der Waals surface area contributed by atoms with Gasteiger partial charge in [0.15, 0.2) is 0 Å².